The van der Waals surface area contributed by atoms with E-state index in [4.69, 9.17) is 0 Å². The van der Waals surface area contributed by atoms with Crippen molar-refractivity contribution >= 4 is 24.4 Å². The fourth-order valence-corrected chi connectivity index (χ4v) is 1.43. The number of aryl methyl sites for hydroxylation is 1. The molecule has 9 heavy (non-hydrogen) atoms. The van der Waals surface area contributed by atoms with Crippen molar-refractivity contribution in [3.05, 3.63) is 11.8 Å². The third-order valence-electron chi connectivity index (χ3n) is 0.895. The topological polar surface area (TPSA) is 28.7 Å². The van der Waals surface area contributed by atoms with Crippen molar-refractivity contribution in [2.45, 2.75) is 11.9 Å². The number of aromatic amines is 1. The minimum atomic E-state index is 0.782. The van der Waals surface area contributed by atoms with Crippen molar-refractivity contribution < 1.29 is 0 Å². The minimum Gasteiger partial charge on any atom is -0.282 e. The van der Waals surface area contributed by atoms with Crippen molar-refractivity contribution in [1.29, 1.82) is 0 Å². The highest BCUT2D eigenvalue weighted by molar-refractivity contribution is 8.09. The molecule has 0 aliphatic heterocycles. The first kappa shape index (κ1) is 7.02. The number of rotatable bonds is 2. The minimum absolute atomic E-state index is 0.782. The van der Waals surface area contributed by atoms with E-state index >= 15 is 0 Å². The van der Waals surface area contributed by atoms with Gasteiger partial charge < -0.3 is 0 Å². The highest BCUT2D eigenvalue weighted by atomic mass is 32.2. The number of nitrogens with zero attached hydrogens (tertiary/aromatic N) is 1. The smallest absolute Gasteiger partial charge is 0.119 e. The second kappa shape index (κ2) is 3.17. The lowest BCUT2D eigenvalue weighted by Gasteiger charge is -1.84. The monoisotopic (exact) mass is 160 g/mol. The Labute approximate surface area is 63.8 Å². The van der Waals surface area contributed by atoms with Gasteiger partial charge in [-0.25, -0.2) is 0 Å². The van der Waals surface area contributed by atoms with Gasteiger partial charge in [-0.2, -0.15) is 17.7 Å². The lowest BCUT2D eigenvalue weighted by molar-refractivity contribution is 0.983. The van der Waals surface area contributed by atoms with Crippen molar-refractivity contribution in [2.75, 3.05) is 5.08 Å². The van der Waals surface area contributed by atoms with Crippen molar-refractivity contribution in [3.8, 4) is 0 Å². The second-order valence-corrected chi connectivity index (χ2v) is 3.40. The van der Waals surface area contributed by atoms with E-state index in [2.05, 4.69) is 22.8 Å². The quantitative estimate of drug-likeness (QED) is 0.391. The fraction of sp³-hybridized carbons (Fsp3) is 0.400. The summed E-state index contributed by atoms with van der Waals surface area (Å²) in [5, 5.41) is 8.64. The van der Waals surface area contributed by atoms with Crippen LogP contribution in [-0.2, 0) is 0 Å². The molecule has 50 valence electrons. The summed E-state index contributed by atoms with van der Waals surface area (Å²) in [5.74, 6) is 0. The molecule has 1 N–H and O–H groups in total. The molecule has 0 spiro atoms. The van der Waals surface area contributed by atoms with Gasteiger partial charge in [0.2, 0.25) is 0 Å². The molecular formula is C5H8N2S2. The molecule has 0 atom stereocenters. The number of thiol groups is 1. The van der Waals surface area contributed by atoms with Crippen LogP contribution in [0, 0.1) is 6.92 Å². The van der Waals surface area contributed by atoms with E-state index < -0.39 is 0 Å². The molecule has 0 aliphatic rings. The van der Waals surface area contributed by atoms with Crippen LogP contribution in [0.5, 0.6) is 0 Å². The maximum absolute atomic E-state index is 4.05. The average Bonchev–Trinajstić information content (AvgIpc) is 2.17. The van der Waals surface area contributed by atoms with E-state index in [0.717, 1.165) is 15.8 Å². The number of hydrogen-bond donors (Lipinski definition) is 2. The third kappa shape index (κ3) is 1.95. The standard InChI is InChI=1S/C5H8N2S2/c1-4-2-5(7-6-4)9-3-8/h2,8H,3H2,1H3,(H,6,7). The van der Waals surface area contributed by atoms with E-state index in [1.54, 1.807) is 11.8 Å². The summed E-state index contributed by atoms with van der Waals surface area (Å²) in [7, 11) is 0. The average molecular weight is 160 g/mol. The largest absolute Gasteiger partial charge is 0.282 e. The van der Waals surface area contributed by atoms with Crippen LogP contribution < -0.4 is 0 Å². The van der Waals surface area contributed by atoms with Gasteiger partial charge in [-0.15, -0.1) is 0 Å². The van der Waals surface area contributed by atoms with Crippen LogP contribution in [0.4, 0.5) is 0 Å². The lowest BCUT2D eigenvalue weighted by Crippen LogP contribution is -1.69. The van der Waals surface area contributed by atoms with Gasteiger partial charge in [0.25, 0.3) is 0 Å². The molecule has 0 bridgehead atoms. The van der Waals surface area contributed by atoms with Gasteiger partial charge in [-0.3, -0.25) is 5.10 Å². The Hall–Kier alpha value is -0.0900. The zero-order valence-electron chi connectivity index (χ0n) is 5.09. The van der Waals surface area contributed by atoms with Crippen LogP contribution >= 0.6 is 24.4 Å². The summed E-state index contributed by atoms with van der Waals surface area (Å²) in [6.45, 7) is 1.98. The molecule has 4 heteroatoms. The molecule has 0 unspecified atom stereocenters. The van der Waals surface area contributed by atoms with Crippen LogP contribution in [-0.4, -0.2) is 15.3 Å². The van der Waals surface area contributed by atoms with Crippen molar-refractivity contribution in [1.82, 2.24) is 10.2 Å². The van der Waals surface area contributed by atoms with Gasteiger partial charge in [0, 0.05) is 10.8 Å². The molecule has 1 heterocycles. The number of H-pyrrole nitrogens is 1. The Morgan fingerprint density at radius 1 is 1.89 bits per heavy atom. The Morgan fingerprint density at radius 2 is 2.67 bits per heavy atom. The zero-order chi connectivity index (χ0) is 6.69. The first-order valence-corrected chi connectivity index (χ1v) is 4.20. The Morgan fingerprint density at radius 3 is 3.11 bits per heavy atom. The lowest BCUT2D eigenvalue weighted by atomic mass is 10.5. The van der Waals surface area contributed by atoms with Crippen molar-refractivity contribution in [3.63, 3.8) is 0 Å². The number of aromatic nitrogens is 2. The summed E-state index contributed by atoms with van der Waals surface area (Å²) in [6, 6.07) is 2.00. The van der Waals surface area contributed by atoms with Gasteiger partial charge in [-0.1, -0.05) is 11.8 Å². The molecule has 0 amide bonds. The van der Waals surface area contributed by atoms with E-state index in [0.29, 0.717) is 0 Å². The van der Waals surface area contributed by atoms with Crippen LogP contribution in [0.2, 0.25) is 0 Å². The summed E-state index contributed by atoms with van der Waals surface area (Å²) in [6.07, 6.45) is 0. The van der Waals surface area contributed by atoms with E-state index in [-0.39, 0.29) is 0 Å². The highest BCUT2D eigenvalue weighted by Crippen LogP contribution is 2.15. The molecule has 0 saturated heterocycles. The normalized spacial score (nSPS) is 10.0. The molecule has 0 fully saturated rings. The molecule has 0 aromatic carbocycles. The molecule has 1 rings (SSSR count). The maximum Gasteiger partial charge on any atom is 0.119 e. The summed E-state index contributed by atoms with van der Waals surface area (Å²) < 4.78 is 0. The highest BCUT2D eigenvalue weighted by Gasteiger charge is 1.93. The van der Waals surface area contributed by atoms with E-state index in [9.17, 15) is 0 Å². The van der Waals surface area contributed by atoms with Crippen LogP contribution in [0.3, 0.4) is 0 Å². The van der Waals surface area contributed by atoms with Crippen LogP contribution in [0.25, 0.3) is 0 Å². The number of nitrogens with one attached hydrogen (secondary N) is 1. The van der Waals surface area contributed by atoms with E-state index in [1.807, 2.05) is 13.0 Å². The van der Waals surface area contributed by atoms with Gasteiger partial charge in [0.15, 0.2) is 0 Å². The SMILES string of the molecule is Cc1cc(SCS)n[nH]1. The molecule has 0 radical (unpaired) electrons. The van der Waals surface area contributed by atoms with Crippen LogP contribution in [0.1, 0.15) is 5.69 Å². The number of thioether (sulfide) groups is 1. The van der Waals surface area contributed by atoms with Gasteiger partial charge in [-0.05, 0) is 13.0 Å². The zero-order valence-corrected chi connectivity index (χ0v) is 6.80. The molecule has 1 aromatic heterocycles. The summed E-state index contributed by atoms with van der Waals surface area (Å²) >= 11 is 5.67. The fourth-order valence-electron chi connectivity index (χ4n) is 0.533. The second-order valence-electron chi connectivity index (χ2n) is 1.66. The Balaban J connectivity index is 2.61. The van der Waals surface area contributed by atoms with E-state index in [1.165, 1.54) is 0 Å². The predicted octanol–water partition coefficient (Wildman–Crippen LogP) is 1.70. The van der Waals surface area contributed by atoms with Gasteiger partial charge in [0.1, 0.15) is 5.03 Å². The Kier molecular flexibility index (Phi) is 2.48. The summed E-state index contributed by atoms with van der Waals surface area (Å²) in [5.41, 5.74) is 1.10. The van der Waals surface area contributed by atoms with Crippen LogP contribution in [0.15, 0.2) is 11.1 Å². The number of hydrogen-bond acceptors (Lipinski definition) is 3. The molecule has 0 saturated carbocycles. The first-order chi connectivity index (χ1) is 4.33. The predicted molar refractivity (Wildman–Crippen MR) is 43.0 cm³/mol. The van der Waals surface area contributed by atoms with Gasteiger partial charge in [0.05, 0.1) is 0 Å². The maximum atomic E-state index is 4.05. The summed E-state index contributed by atoms with van der Waals surface area (Å²) in [4.78, 5) is 0. The molecular weight excluding hydrogens is 152 g/mol. The third-order valence-corrected chi connectivity index (χ3v) is 1.92. The molecule has 2 nitrogen and oxygen atoms in total. The Bertz CT molecular complexity index is 185. The molecule has 0 aliphatic carbocycles. The first-order valence-electron chi connectivity index (χ1n) is 2.58. The van der Waals surface area contributed by atoms with Gasteiger partial charge >= 0.3 is 0 Å². The molecule has 1 aromatic rings. The van der Waals surface area contributed by atoms with Crippen molar-refractivity contribution in [2.24, 2.45) is 0 Å².